The standard InChI is InChI=1S/C19H25NO5/c1-14-8-10-20(11-9-14)18(21)13-25-19(22)7-5-15-4-6-16(23-2)12-17(15)24-3/h4-7,12,14H,8-11,13H2,1-3H3/b7-5+. The molecule has 0 atom stereocenters. The van der Waals surface area contributed by atoms with Crippen LogP contribution in [-0.2, 0) is 14.3 Å². The molecule has 0 bridgehead atoms. The number of rotatable bonds is 6. The molecule has 25 heavy (non-hydrogen) atoms. The van der Waals surface area contributed by atoms with Crippen LogP contribution < -0.4 is 9.47 Å². The average molecular weight is 347 g/mol. The van der Waals surface area contributed by atoms with Gasteiger partial charge in [-0.25, -0.2) is 4.79 Å². The zero-order chi connectivity index (χ0) is 18.2. The van der Waals surface area contributed by atoms with Crippen molar-refractivity contribution in [3.05, 3.63) is 29.8 Å². The Balaban J connectivity index is 1.85. The number of benzene rings is 1. The predicted octanol–water partition coefficient (Wildman–Crippen LogP) is 2.52. The number of methoxy groups -OCH3 is 2. The second kappa shape index (κ2) is 9.11. The van der Waals surface area contributed by atoms with Gasteiger partial charge in [-0.15, -0.1) is 0 Å². The number of ether oxygens (including phenoxy) is 3. The molecule has 1 amide bonds. The summed E-state index contributed by atoms with van der Waals surface area (Å²) in [7, 11) is 3.12. The lowest BCUT2D eigenvalue weighted by Gasteiger charge is -2.30. The summed E-state index contributed by atoms with van der Waals surface area (Å²) in [6.45, 7) is 3.42. The van der Waals surface area contributed by atoms with Gasteiger partial charge in [0.1, 0.15) is 11.5 Å². The van der Waals surface area contributed by atoms with Gasteiger partial charge in [-0.3, -0.25) is 4.79 Å². The number of likely N-dealkylation sites (tertiary alicyclic amines) is 1. The van der Waals surface area contributed by atoms with Crippen molar-refractivity contribution in [1.29, 1.82) is 0 Å². The second-order valence-electron chi connectivity index (χ2n) is 6.11. The number of piperidine rings is 1. The first-order valence-electron chi connectivity index (χ1n) is 8.38. The minimum absolute atomic E-state index is 0.143. The third-order valence-electron chi connectivity index (χ3n) is 4.31. The molecule has 1 aliphatic heterocycles. The highest BCUT2D eigenvalue weighted by atomic mass is 16.5. The molecule has 1 fully saturated rings. The first-order valence-corrected chi connectivity index (χ1v) is 8.38. The van der Waals surface area contributed by atoms with E-state index in [2.05, 4.69) is 6.92 Å². The quantitative estimate of drug-likeness (QED) is 0.584. The molecule has 0 radical (unpaired) electrons. The van der Waals surface area contributed by atoms with Gasteiger partial charge in [-0.2, -0.15) is 0 Å². The van der Waals surface area contributed by atoms with Crippen molar-refractivity contribution in [2.75, 3.05) is 33.9 Å². The van der Waals surface area contributed by atoms with Crippen molar-refractivity contribution in [2.45, 2.75) is 19.8 Å². The maximum absolute atomic E-state index is 12.0. The first kappa shape index (κ1) is 18.8. The molecule has 6 nitrogen and oxygen atoms in total. The molecular formula is C19H25NO5. The normalized spacial score (nSPS) is 15.2. The van der Waals surface area contributed by atoms with Gasteiger partial charge in [0, 0.05) is 30.8 Å². The van der Waals surface area contributed by atoms with E-state index >= 15 is 0 Å². The number of esters is 1. The van der Waals surface area contributed by atoms with Gasteiger partial charge in [0.25, 0.3) is 5.91 Å². The van der Waals surface area contributed by atoms with E-state index < -0.39 is 5.97 Å². The number of hydrogen-bond donors (Lipinski definition) is 0. The summed E-state index contributed by atoms with van der Waals surface area (Å²) >= 11 is 0. The minimum atomic E-state index is -0.559. The van der Waals surface area contributed by atoms with E-state index in [0.29, 0.717) is 17.4 Å². The van der Waals surface area contributed by atoms with E-state index in [1.54, 1.807) is 43.4 Å². The number of carbonyl (C=O) groups excluding carboxylic acids is 2. The summed E-state index contributed by atoms with van der Waals surface area (Å²) in [5.74, 6) is 1.20. The van der Waals surface area contributed by atoms with Crippen LogP contribution >= 0.6 is 0 Å². The first-order chi connectivity index (χ1) is 12.0. The molecule has 136 valence electrons. The Morgan fingerprint density at radius 2 is 1.92 bits per heavy atom. The molecule has 0 aromatic heterocycles. The molecule has 0 saturated carbocycles. The highest BCUT2D eigenvalue weighted by molar-refractivity contribution is 5.89. The Bertz CT molecular complexity index is 633. The fraction of sp³-hybridized carbons (Fsp3) is 0.474. The van der Waals surface area contributed by atoms with E-state index in [-0.39, 0.29) is 12.5 Å². The number of hydrogen-bond acceptors (Lipinski definition) is 5. The Morgan fingerprint density at radius 1 is 1.20 bits per heavy atom. The zero-order valence-electron chi connectivity index (χ0n) is 15.0. The molecule has 1 aliphatic rings. The van der Waals surface area contributed by atoms with Crippen LogP contribution in [0.4, 0.5) is 0 Å². The molecule has 0 unspecified atom stereocenters. The third kappa shape index (κ3) is 5.52. The van der Waals surface area contributed by atoms with Crippen LogP contribution in [0.5, 0.6) is 11.5 Å². The van der Waals surface area contributed by atoms with Crippen LogP contribution in [-0.4, -0.2) is 50.7 Å². The summed E-state index contributed by atoms with van der Waals surface area (Å²) in [4.78, 5) is 25.6. The summed E-state index contributed by atoms with van der Waals surface area (Å²) in [5, 5.41) is 0. The van der Waals surface area contributed by atoms with Crippen LogP contribution in [0.15, 0.2) is 24.3 Å². The number of nitrogens with zero attached hydrogens (tertiary/aromatic N) is 1. The van der Waals surface area contributed by atoms with E-state index in [0.717, 1.165) is 31.5 Å². The Kier molecular flexibility index (Phi) is 6.86. The van der Waals surface area contributed by atoms with E-state index in [1.807, 2.05) is 0 Å². The van der Waals surface area contributed by atoms with Crippen molar-refractivity contribution < 1.29 is 23.8 Å². The maximum atomic E-state index is 12.0. The summed E-state index contributed by atoms with van der Waals surface area (Å²) < 4.78 is 15.4. The van der Waals surface area contributed by atoms with Gasteiger partial charge >= 0.3 is 5.97 Å². The minimum Gasteiger partial charge on any atom is -0.497 e. The molecule has 0 spiro atoms. The zero-order valence-corrected chi connectivity index (χ0v) is 15.0. The van der Waals surface area contributed by atoms with Gasteiger partial charge in [-0.05, 0) is 37.0 Å². The third-order valence-corrected chi connectivity index (χ3v) is 4.31. The van der Waals surface area contributed by atoms with E-state index in [4.69, 9.17) is 14.2 Å². The van der Waals surface area contributed by atoms with Crippen molar-refractivity contribution in [3.8, 4) is 11.5 Å². The molecule has 2 rings (SSSR count). The van der Waals surface area contributed by atoms with Gasteiger partial charge in [-0.1, -0.05) is 6.92 Å². The van der Waals surface area contributed by atoms with Crippen LogP contribution in [0.3, 0.4) is 0 Å². The number of amides is 1. The molecule has 0 aliphatic carbocycles. The molecule has 6 heteroatoms. The molecule has 1 aromatic rings. The van der Waals surface area contributed by atoms with E-state index in [9.17, 15) is 9.59 Å². The largest absolute Gasteiger partial charge is 0.497 e. The summed E-state index contributed by atoms with van der Waals surface area (Å²) in [6, 6.07) is 5.28. The van der Waals surface area contributed by atoms with Crippen molar-refractivity contribution >= 4 is 18.0 Å². The lowest BCUT2D eigenvalue weighted by molar-refractivity contribution is -0.148. The Hall–Kier alpha value is -2.50. The maximum Gasteiger partial charge on any atom is 0.331 e. The van der Waals surface area contributed by atoms with Crippen LogP contribution in [0.2, 0.25) is 0 Å². The predicted molar refractivity (Wildman–Crippen MR) is 94.5 cm³/mol. The van der Waals surface area contributed by atoms with Crippen molar-refractivity contribution in [2.24, 2.45) is 5.92 Å². The Labute approximate surface area is 148 Å². The van der Waals surface area contributed by atoms with Gasteiger partial charge in [0.05, 0.1) is 14.2 Å². The van der Waals surface area contributed by atoms with Crippen molar-refractivity contribution in [3.63, 3.8) is 0 Å². The lowest BCUT2D eigenvalue weighted by atomic mass is 9.99. The van der Waals surface area contributed by atoms with Crippen LogP contribution in [0.25, 0.3) is 6.08 Å². The molecule has 1 heterocycles. The highest BCUT2D eigenvalue weighted by Crippen LogP contribution is 2.25. The number of carbonyl (C=O) groups is 2. The Morgan fingerprint density at radius 3 is 2.56 bits per heavy atom. The summed E-state index contributed by atoms with van der Waals surface area (Å²) in [5.41, 5.74) is 0.719. The summed E-state index contributed by atoms with van der Waals surface area (Å²) in [6.07, 6.45) is 4.87. The van der Waals surface area contributed by atoms with Crippen molar-refractivity contribution in [1.82, 2.24) is 4.90 Å². The lowest BCUT2D eigenvalue weighted by Crippen LogP contribution is -2.40. The second-order valence-corrected chi connectivity index (χ2v) is 6.11. The van der Waals surface area contributed by atoms with Gasteiger partial charge in [0.15, 0.2) is 6.61 Å². The molecular weight excluding hydrogens is 322 g/mol. The highest BCUT2D eigenvalue weighted by Gasteiger charge is 2.20. The monoisotopic (exact) mass is 347 g/mol. The van der Waals surface area contributed by atoms with Crippen LogP contribution in [0, 0.1) is 5.92 Å². The fourth-order valence-electron chi connectivity index (χ4n) is 2.64. The van der Waals surface area contributed by atoms with Gasteiger partial charge < -0.3 is 19.1 Å². The average Bonchev–Trinajstić information content (AvgIpc) is 2.64. The smallest absolute Gasteiger partial charge is 0.331 e. The fourth-order valence-corrected chi connectivity index (χ4v) is 2.64. The van der Waals surface area contributed by atoms with E-state index in [1.165, 1.54) is 6.08 Å². The molecule has 1 aromatic carbocycles. The van der Waals surface area contributed by atoms with Crippen LogP contribution in [0.1, 0.15) is 25.3 Å². The molecule has 0 N–H and O–H groups in total. The SMILES string of the molecule is COc1ccc(/C=C/C(=O)OCC(=O)N2CCC(C)CC2)c(OC)c1. The topological polar surface area (TPSA) is 65.1 Å². The molecule has 1 saturated heterocycles. The van der Waals surface area contributed by atoms with Gasteiger partial charge in [0.2, 0.25) is 0 Å².